The third-order valence-corrected chi connectivity index (χ3v) is 2.47. The van der Waals surface area contributed by atoms with Crippen LogP contribution < -0.4 is 5.32 Å². The van der Waals surface area contributed by atoms with E-state index in [-0.39, 0.29) is 5.56 Å². The van der Waals surface area contributed by atoms with Crippen LogP contribution in [0.2, 0.25) is 0 Å². The second-order valence-electron chi connectivity index (χ2n) is 3.67. The van der Waals surface area contributed by atoms with Gasteiger partial charge in [-0.3, -0.25) is 0 Å². The van der Waals surface area contributed by atoms with Crippen LogP contribution in [0.3, 0.4) is 0 Å². The lowest BCUT2D eigenvalue weighted by Crippen LogP contribution is -2.09. The summed E-state index contributed by atoms with van der Waals surface area (Å²) in [5.41, 5.74) is -0.0312. The molecule has 1 N–H and O–H groups in total. The van der Waals surface area contributed by atoms with Crippen LogP contribution in [0, 0.1) is 5.92 Å². The van der Waals surface area contributed by atoms with Gasteiger partial charge in [0.2, 0.25) is 0 Å². The van der Waals surface area contributed by atoms with Gasteiger partial charge in [0.1, 0.15) is 5.82 Å². The molecule has 0 unspecified atom stereocenters. The number of rotatable bonds is 4. The summed E-state index contributed by atoms with van der Waals surface area (Å²) >= 11 is 3.04. The molecule has 0 saturated carbocycles. The third kappa shape index (κ3) is 3.74. The van der Waals surface area contributed by atoms with Crippen LogP contribution in [0.1, 0.15) is 25.8 Å². The van der Waals surface area contributed by atoms with Gasteiger partial charge in [-0.1, -0.05) is 13.8 Å². The molecule has 0 aromatic carbocycles. The first kappa shape index (κ1) is 12.4. The van der Waals surface area contributed by atoms with Crippen LogP contribution in [0.5, 0.6) is 0 Å². The number of aromatic nitrogens is 1. The molecule has 1 aromatic rings. The molecule has 0 spiro atoms. The molecule has 15 heavy (non-hydrogen) atoms. The Balaban J connectivity index is 2.78. The summed E-state index contributed by atoms with van der Waals surface area (Å²) in [5.74, 6) is 0.938. The van der Waals surface area contributed by atoms with Crippen molar-refractivity contribution in [2.75, 3.05) is 11.9 Å². The highest BCUT2D eigenvalue weighted by molar-refractivity contribution is 9.10. The van der Waals surface area contributed by atoms with E-state index in [4.69, 9.17) is 0 Å². The number of halogens is 3. The van der Waals surface area contributed by atoms with E-state index in [1.165, 1.54) is 12.3 Å². The van der Waals surface area contributed by atoms with Crippen molar-refractivity contribution in [3.8, 4) is 0 Å². The Morgan fingerprint density at radius 2 is 2.13 bits per heavy atom. The van der Waals surface area contributed by atoms with Crippen molar-refractivity contribution >= 4 is 21.7 Å². The Bertz CT molecular complexity index is 329. The van der Waals surface area contributed by atoms with Crippen molar-refractivity contribution in [1.29, 1.82) is 0 Å². The zero-order valence-electron chi connectivity index (χ0n) is 8.60. The molecule has 0 radical (unpaired) electrons. The standard InChI is InChI=1S/C10H13BrF2N2/c1-6(2)4-14-9-3-7(10(12)13)8(11)5-15-9/h3,5-6,10H,4H2,1-2H3,(H,14,15). The summed E-state index contributed by atoms with van der Waals surface area (Å²) in [4.78, 5) is 4.00. The fourth-order valence-electron chi connectivity index (χ4n) is 1.03. The zero-order chi connectivity index (χ0) is 11.4. The normalized spacial score (nSPS) is 11.1. The number of anilines is 1. The number of hydrogen-bond acceptors (Lipinski definition) is 2. The van der Waals surface area contributed by atoms with Gasteiger partial charge in [0.25, 0.3) is 6.43 Å². The van der Waals surface area contributed by atoms with E-state index < -0.39 is 6.43 Å². The summed E-state index contributed by atoms with van der Waals surface area (Å²) in [6.07, 6.45) is -1.09. The average molecular weight is 279 g/mol. The molecule has 84 valence electrons. The minimum atomic E-state index is -2.48. The molecule has 0 amide bonds. The van der Waals surface area contributed by atoms with E-state index >= 15 is 0 Å². The number of nitrogens with zero attached hydrogens (tertiary/aromatic N) is 1. The van der Waals surface area contributed by atoms with E-state index in [1.54, 1.807) is 0 Å². The van der Waals surface area contributed by atoms with Crippen molar-refractivity contribution in [3.05, 3.63) is 22.3 Å². The Hall–Kier alpha value is -0.710. The molecule has 0 aliphatic rings. The molecule has 1 heterocycles. The van der Waals surface area contributed by atoms with E-state index in [0.29, 0.717) is 16.2 Å². The molecule has 5 heteroatoms. The van der Waals surface area contributed by atoms with E-state index in [2.05, 4.69) is 26.2 Å². The molecular weight excluding hydrogens is 266 g/mol. The molecule has 1 rings (SSSR count). The molecule has 0 bridgehead atoms. The maximum Gasteiger partial charge on any atom is 0.265 e. The number of alkyl halides is 2. The Morgan fingerprint density at radius 1 is 1.47 bits per heavy atom. The SMILES string of the molecule is CC(C)CNc1cc(C(F)F)c(Br)cn1. The fraction of sp³-hybridized carbons (Fsp3) is 0.500. The summed E-state index contributed by atoms with van der Waals surface area (Å²) in [5, 5.41) is 3.00. The van der Waals surface area contributed by atoms with Crippen molar-refractivity contribution in [1.82, 2.24) is 4.98 Å². The topological polar surface area (TPSA) is 24.9 Å². The fourth-order valence-corrected chi connectivity index (χ4v) is 1.42. The van der Waals surface area contributed by atoms with Gasteiger partial charge in [0, 0.05) is 22.8 Å². The second kappa shape index (κ2) is 5.39. The van der Waals surface area contributed by atoms with Crippen LogP contribution in [-0.4, -0.2) is 11.5 Å². The predicted octanol–water partition coefficient (Wildman–Crippen LogP) is 3.85. The molecule has 2 nitrogen and oxygen atoms in total. The lowest BCUT2D eigenvalue weighted by atomic mass is 10.2. The van der Waals surface area contributed by atoms with Gasteiger partial charge >= 0.3 is 0 Å². The second-order valence-corrected chi connectivity index (χ2v) is 4.52. The Kier molecular flexibility index (Phi) is 4.45. The van der Waals surface area contributed by atoms with Crippen molar-refractivity contribution in [2.24, 2.45) is 5.92 Å². The highest BCUT2D eigenvalue weighted by Crippen LogP contribution is 2.28. The quantitative estimate of drug-likeness (QED) is 0.905. The van der Waals surface area contributed by atoms with Gasteiger partial charge in [-0.15, -0.1) is 0 Å². The van der Waals surface area contributed by atoms with Crippen molar-refractivity contribution < 1.29 is 8.78 Å². The van der Waals surface area contributed by atoms with Gasteiger partial charge in [0.05, 0.1) is 0 Å². The van der Waals surface area contributed by atoms with Crippen molar-refractivity contribution in [3.63, 3.8) is 0 Å². The Morgan fingerprint density at radius 3 is 2.67 bits per heavy atom. The minimum Gasteiger partial charge on any atom is -0.370 e. The molecule has 0 saturated heterocycles. The van der Waals surface area contributed by atoms with Gasteiger partial charge in [-0.05, 0) is 27.9 Å². The summed E-state index contributed by atoms with van der Waals surface area (Å²) in [7, 11) is 0. The first-order chi connectivity index (χ1) is 7.00. The van der Waals surface area contributed by atoms with Gasteiger partial charge in [-0.25, -0.2) is 13.8 Å². The van der Waals surface area contributed by atoms with Crippen LogP contribution in [0.25, 0.3) is 0 Å². The highest BCUT2D eigenvalue weighted by Gasteiger charge is 2.12. The maximum absolute atomic E-state index is 12.5. The zero-order valence-corrected chi connectivity index (χ0v) is 10.2. The van der Waals surface area contributed by atoms with Crippen LogP contribution in [0.15, 0.2) is 16.7 Å². The molecule has 1 aromatic heterocycles. The minimum absolute atomic E-state index is 0.0312. The summed E-state index contributed by atoms with van der Waals surface area (Å²) in [6, 6.07) is 1.37. The van der Waals surface area contributed by atoms with E-state index in [9.17, 15) is 8.78 Å². The number of nitrogens with one attached hydrogen (secondary N) is 1. The number of pyridine rings is 1. The lowest BCUT2D eigenvalue weighted by Gasteiger charge is -2.10. The summed E-state index contributed by atoms with van der Waals surface area (Å²) in [6.45, 7) is 4.80. The van der Waals surface area contributed by atoms with E-state index in [0.717, 1.165) is 6.54 Å². The van der Waals surface area contributed by atoms with Gasteiger partial charge in [-0.2, -0.15) is 0 Å². The molecular formula is C10H13BrF2N2. The molecule has 0 aliphatic heterocycles. The van der Waals surface area contributed by atoms with Crippen LogP contribution >= 0.6 is 15.9 Å². The lowest BCUT2D eigenvalue weighted by molar-refractivity contribution is 0.150. The molecule has 0 aliphatic carbocycles. The monoisotopic (exact) mass is 278 g/mol. The number of hydrogen-bond donors (Lipinski definition) is 1. The largest absolute Gasteiger partial charge is 0.370 e. The highest BCUT2D eigenvalue weighted by atomic mass is 79.9. The van der Waals surface area contributed by atoms with Gasteiger partial charge < -0.3 is 5.32 Å². The average Bonchev–Trinajstić information content (AvgIpc) is 2.16. The first-order valence-corrected chi connectivity index (χ1v) is 5.47. The predicted molar refractivity (Wildman–Crippen MR) is 60.2 cm³/mol. The van der Waals surface area contributed by atoms with Crippen molar-refractivity contribution in [2.45, 2.75) is 20.3 Å². The van der Waals surface area contributed by atoms with Gasteiger partial charge in [0.15, 0.2) is 0 Å². The van der Waals surface area contributed by atoms with Crippen LogP contribution in [0.4, 0.5) is 14.6 Å². The van der Waals surface area contributed by atoms with E-state index in [1.807, 2.05) is 13.8 Å². The molecule has 0 fully saturated rings. The maximum atomic E-state index is 12.5. The smallest absolute Gasteiger partial charge is 0.265 e. The third-order valence-electron chi connectivity index (χ3n) is 1.81. The van der Waals surface area contributed by atoms with Crippen LogP contribution in [-0.2, 0) is 0 Å². The molecule has 0 atom stereocenters. The first-order valence-electron chi connectivity index (χ1n) is 4.68. The summed E-state index contributed by atoms with van der Waals surface area (Å²) < 4.78 is 25.4. The Labute approximate surface area is 96.2 Å².